The SMILES string of the molecule is CCC(CNC)C(c1cc(Br)ccc1OC)N(C)C. The van der Waals surface area contributed by atoms with E-state index in [1.54, 1.807) is 7.11 Å². The zero-order chi connectivity index (χ0) is 14.4. The van der Waals surface area contributed by atoms with Gasteiger partial charge < -0.3 is 15.0 Å². The summed E-state index contributed by atoms with van der Waals surface area (Å²) < 4.78 is 6.63. The minimum Gasteiger partial charge on any atom is -0.496 e. The quantitative estimate of drug-likeness (QED) is 0.831. The predicted octanol–water partition coefficient (Wildman–Crippen LogP) is 3.31. The molecule has 0 aliphatic heterocycles. The van der Waals surface area contributed by atoms with Gasteiger partial charge in [0.25, 0.3) is 0 Å². The Bertz CT molecular complexity index is 396. The Hall–Kier alpha value is -0.580. The molecule has 3 nitrogen and oxygen atoms in total. The van der Waals surface area contributed by atoms with Crippen LogP contribution in [-0.4, -0.2) is 39.7 Å². The van der Waals surface area contributed by atoms with Crippen LogP contribution < -0.4 is 10.1 Å². The molecule has 1 N–H and O–H groups in total. The third-order valence-corrected chi connectivity index (χ3v) is 4.00. The van der Waals surface area contributed by atoms with Crippen LogP contribution in [0.5, 0.6) is 5.75 Å². The molecule has 1 rings (SSSR count). The molecule has 108 valence electrons. The molecule has 4 heteroatoms. The van der Waals surface area contributed by atoms with Crippen molar-refractivity contribution in [2.45, 2.75) is 19.4 Å². The third kappa shape index (κ3) is 4.20. The van der Waals surface area contributed by atoms with Crippen molar-refractivity contribution < 1.29 is 4.74 Å². The summed E-state index contributed by atoms with van der Waals surface area (Å²) in [5.74, 6) is 1.50. The normalized spacial score (nSPS) is 14.5. The summed E-state index contributed by atoms with van der Waals surface area (Å²) in [5, 5.41) is 3.30. The summed E-state index contributed by atoms with van der Waals surface area (Å²) in [6.45, 7) is 3.23. The zero-order valence-corrected chi connectivity index (χ0v) is 14.1. The summed E-state index contributed by atoms with van der Waals surface area (Å²) in [6, 6.07) is 6.56. The Kier molecular flexibility index (Phi) is 6.83. The van der Waals surface area contributed by atoms with Gasteiger partial charge in [-0.05, 0) is 51.8 Å². The van der Waals surface area contributed by atoms with Gasteiger partial charge in [-0.2, -0.15) is 0 Å². The fourth-order valence-electron chi connectivity index (χ4n) is 2.63. The monoisotopic (exact) mass is 328 g/mol. The van der Waals surface area contributed by atoms with Crippen LogP contribution in [0.4, 0.5) is 0 Å². The van der Waals surface area contributed by atoms with E-state index >= 15 is 0 Å². The highest BCUT2D eigenvalue weighted by atomic mass is 79.9. The Morgan fingerprint density at radius 3 is 2.53 bits per heavy atom. The van der Waals surface area contributed by atoms with Gasteiger partial charge in [-0.1, -0.05) is 29.3 Å². The fourth-order valence-corrected chi connectivity index (χ4v) is 3.01. The van der Waals surface area contributed by atoms with Crippen LogP contribution in [-0.2, 0) is 0 Å². The number of methoxy groups -OCH3 is 1. The van der Waals surface area contributed by atoms with Crippen LogP contribution in [0.3, 0.4) is 0 Å². The van der Waals surface area contributed by atoms with Crippen LogP contribution in [0.1, 0.15) is 24.9 Å². The van der Waals surface area contributed by atoms with Crippen molar-refractivity contribution in [3.05, 3.63) is 28.2 Å². The number of nitrogens with zero attached hydrogens (tertiary/aromatic N) is 1. The highest BCUT2D eigenvalue weighted by Crippen LogP contribution is 2.36. The first kappa shape index (κ1) is 16.5. The molecule has 2 atom stereocenters. The van der Waals surface area contributed by atoms with Crippen molar-refractivity contribution in [1.29, 1.82) is 0 Å². The van der Waals surface area contributed by atoms with Crippen LogP contribution in [0.2, 0.25) is 0 Å². The smallest absolute Gasteiger partial charge is 0.123 e. The number of ether oxygens (including phenoxy) is 1. The summed E-state index contributed by atoms with van der Waals surface area (Å²) >= 11 is 3.56. The van der Waals surface area contributed by atoms with Crippen LogP contribution in [0, 0.1) is 5.92 Å². The van der Waals surface area contributed by atoms with Gasteiger partial charge in [0.05, 0.1) is 7.11 Å². The van der Waals surface area contributed by atoms with Crippen molar-refractivity contribution in [1.82, 2.24) is 10.2 Å². The van der Waals surface area contributed by atoms with E-state index in [9.17, 15) is 0 Å². The molecular formula is C15H25BrN2O. The predicted molar refractivity (Wildman–Crippen MR) is 84.8 cm³/mol. The lowest BCUT2D eigenvalue weighted by Gasteiger charge is -2.33. The van der Waals surface area contributed by atoms with E-state index in [4.69, 9.17) is 4.74 Å². The minimum atomic E-state index is 0.338. The van der Waals surface area contributed by atoms with Crippen molar-refractivity contribution >= 4 is 15.9 Å². The highest BCUT2D eigenvalue weighted by Gasteiger charge is 2.26. The van der Waals surface area contributed by atoms with E-state index in [2.05, 4.69) is 53.2 Å². The molecule has 0 spiro atoms. The molecule has 0 bridgehead atoms. The fraction of sp³-hybridized carbons (Fsp3) is 0.600. The van der Waals surface area contributed by atoms with Gasteiger partial charge in [0, 0.05) is 16.1 Å². The molecule has 0 aliphatic rings. The minimum absolute atomic E-state index is 0.338. The van der Waals surface area contributed by atoms with E-state index in [-0.39, 0.29) is 0 Å². The van der Waals surface area contributed by atoms with Crippen LogP contribution in [0.25, 0.3) is 0 Å². The number of hydrogen-bond donors (Lipinski definition) is 1. The molecule has 1 aromatic rings. The molecule has 19 heavy (non-hydrogen) atoms. The summed E-state index contributed by atoms with van der Waals surface area (Å²) in [4.78, 5) is 2.27. The summed E-state index contributed by atoms with van der Waals surface area (Å²) in [7, 11) is 8.00. The van der Waals surface area contributed by atoms with Crippen molar-refractivity contribution in [3.8, 4) is 5.75 Å². The van der Waals surface area contributed by atoms with Crippen molar-refractivity contribution in [2.24, 2.45) is 5.92 Å². The van der Waals surface area contributed by atoms with E-state index < -0.39 is 0 Å². The topological polar surface area (TPSA) is 24.5 Å². The van der Waals surface area contributed by atoms with Gasteiger partial charge in [-0.15, -0.1) is 0 Å². The van der Waals surface area contributed by atoms with Gasteiger partial charge in [-0.25, -0.2) is 0 Å². The third-order valence-electron chi connectivity index (χ3n) is 3.50. The van der Waals surface area contributed by atoms with E-state index in [0.717, 1.165) is 23.2 Å². The van der Waals surface area contributed by atoms with Crippen molar-refractivity contribution in [3.63, 3.8) is 0 Å². The van der Waals surface area contributed by atoms with Gasteiger partial charge in [0.15, 0.2) is 0 Å². The number of hydrogen-bond acceptors (Lipinski definition) is 3. The zero-order valence-electron chi connectivity index (χ0n) is 12.5. The lowest BCUT2D eigenvalue weighted by molar-refractivity contribution is 0.199. The molecule has 0 heterocycles. The van der Waals surface area contributed by atoms with Gasteiger partial charge in [-0.3, -0.25) is 0 Å². The largest absolute Gasteiger partial charge is 0.496 e. The Labute approximate surface area is 125 Å². The molecule has 0 fully saturated rings. The first-order valence-electron chi connectivity index (χ1n) is 6.69. The second-order valence-corrected chi connectivity index (χ2v) is 5.94. The average molecular weight is 329 g/mol. The number of rotatable bonds is 7. The first-order valence-corrected chi connectivity index (χ1v) is 7.48. The molecule has 0 amide bonds. The van der Waals surface area contributed by atoms with Gasteiger partial charge in [0.2, 0.25) is 0 Å². The first-order chi connectivity index (χ1) is 9.04. The Morgan fingerprint density at radius 2 is 2.05 bits per heavy atom. The van der Waals surface area contributed by atoms with Gasteiger partial charge >= 0.3 is 0 Å². The molecule has 0 aromatic heterocycles. The maximum atomic E-state index is 5.54. The van der Waals surface area contributed by atoms with Crippen molar-refractivity contribution in [2.75, 3.05) is 34.8 Å². The summed E-state index contributed by atoms with van der Waals surface area (Å²) in [5.41, 5.74) is 1.24. The molecular weight excluding hydrogens is 304 g/mol. The van der Waals surface area contributed by atoms with E-state index in [1.807, 2.05) is 19.2 Å². The highest BCUT2D eigenvalue weighted by molar-refractivity contribution is 9.10. The summed E-state index contributed by atoms with van der Waals surface area (Å²) in [6.07, 6.45) is 1.12. The van der Waals surface area contributed by atoms with Gasteiger partial charge in [0.1, 0.15) is 5.75 Å². The lowest BCUT2D eigenvalue weighted by atomic mass is 9.89. The molecule has 0 saturated carbocycles. The number of nitrogens with one attached hydrogen (secondary N) is 1. The second-order valence-electron chi connectivity index (χ2n) is 5.02. The van der Waals surface area contributed by atoms with E-state index in [0.29, 0.717) is 12.0 Å². The second kappa shape index (κ2) is 7.88. The molecule has 0 aliphatic carbocycles. The maximum absolute atomic E-state index is 5.54. The molecule has 1 aromatic carbocycles. The molecule has 0 radical (unpaired) electrons. The van der Waals surface area contributed by atoms with E-state index in [1.165, 1.54) is 5.56 Å². The number of benzene rings is 1. The number of halogens is 1. The molecule has 0 saturated heterocycles. The Balaban J connectivity index is 3.21. The molecule has 2 unspecified atom stereocenters. The Morgan fingerprint density at radius 1 is 1.37 bits per heavy atom. The standard InChI is InChI=1S/C15H25BrN2O/c1-6-11(10-17-2)15(18(3)4)13-9-12(16)7-8-14(13)19-5/h7-9,11,15,17H,6,10H2,1-5H3. The van der Waals surface area contributed by atoms with Crippen LogP contribution >= 0.6 is 15.9 Å². The lowest BCUT2D eigenvalue weighted by Crippen LogP contribution is -2.33. The maximum Gasteiger partial charge on any atom is 0.123 e. The van der Waals surface area contributed by atoms with Crippen LogP contribution in [0.15, 0.2) is 22.7 Å². The average Bonchev–Trinajstić information content (AvgIpc) is 2.38.